The van der Waals surface area contributed by atoms with Crippen LogP contribution in [-0.4, -0.2) is 14.6 Å². The number of benzene rings is 1. The van der Waals surface area contributed by atoms with Crippen LogP contribution in [0.2, 0.25) is 0 Å². The van der Waals surface area contributed by atoms with Crippen LogP contribution in [0, 0.1) is 12.7 Å². The lowest BCUT2D eigenvalue weighted by Gasteiger charge is -2.02. The van der Waals surface area contributed by atoms with Crippen molar-refractivity contribution in [3.05, 3.63) is 54.2 Å². The van der Waals surface area contributed by atoms with Gasteiger partial charge in [-0.15, -0.1) is 0 Å². The maximum absolute atomic E-state index is 13.6. The molecule has 0 saturated carbocycles. The van der Waals surface area contributed by atoms with Crippen LogP contribution in [0.5, 0.6) is 0 Å². The summed E-state index contributed by atoms with van der Waals surface area (Å²) in [5.74, 6) is -0.252. The van der Waals surface area contributed by atoms with Crippen molar-refractivity contribution in [3.8, 4) is 11.1 Å². The molecule has 0 atom stereocenters. The molecule has 0 aliphatic heterocycles. The fourth-order valence-electron chi connectivity index (χ4n) is 1.83. The lowest BCUT2D eigenvalue weighted by atomic mass is 10.1. The van der Waals surface area contributed by atoms with Gasteiger partial charge in [0.1, 0.15) is 5.82 Å². The van der Waals surface area contributed by atoms with Gasteiger partial charge in [0.15, 0.2) is 5.65 Å². The Labute approximate surface area is 97.5 Å². The third kappa shape index (κ3) is 1.67. The van der Waals surface area contributed by atoms with Gasteiger partial charge < -0.3 is 0 Å². The highest BCUT2D eigenvalue weighted by molar-refractivity contribution is 5.63. The standard InChI is InChI=1S/C13H10FN3/c1-9-6-13-15-7-10(8-17(13)16-9)11-4-2-3-5-12(11)14/h2-8H,1H3. The lowest BCUT2D eigenvalue weighted by Crippen LogP contribution is -1.92. The molecule has 4 heteroatoms. The SMILES string of the molecule is Cc1cc2ncc(-c3ccccc3F)cn2n1. The largest absolute Gasteiger partial charge is 0.236 e. The van der Waals surface area contributed by atoms with E-state index in [0.717, 1.165) is 16.9 Å². The van der Waals surface area contributed by atoms with E-state index < -0.39 is 0 Å². The summed E-state index contributed by atoms with van der Waals surface area (Å²) < 4.78 is 15.3. The molecule has 0 unspecified atom stereocenters. The zero-order chi connectivity index (χ0) is 11.8. The predicted octanol–water partition coefficient (Wildman–Crippen LogP) is 2.84. The molecular formula is C13H10FN3. The van der Waals surface area contributed by atoms with E-state index in [4.69, 9.17) is 0 Å². The van der Waals surface area contributed by atoms with Crippen molar-refractivity contribution in [1.29, 1.82) is 0 Å². The number of aromatic nitrogens is 3. The molecule has 17 heavy (non-hydrogen) atoms. The van der Waals surface area contributed by atoms with Crippen LogP contribution in [0.3, 0.4) is 0 Å². The first-order valence-electron chi connectivity index (χ1n) is 5.31. The average molecular weight is 227 g/mol. The Morgan fingerprint density at radius 1 is 1.24 bits per heavy atom. The van der Waals surface area contributed by atoms with Crippen LogP contribution in [0.4, 0.5) is 4.39 Å². The van der Waals surface area contributed by atoms with Gasteiger partial charge in [-0.1, -0.05) is 18.2 Å². The summed E-state index contributed by atoms with van der Waals surface area (Å²) >= 11 is 0. The third-order valence-electron chi connectivity index (χ3n) is 2.62. The van der Waals surface area contributed by atoms with Crippen molar-refractivity contribution < 1.29 is 4.39 Å². The van der Waals surface area contributed by atoms with Gasteiger partial charge in [0, 0.05) is 29.6 Å². The Balaban J connectivity index is 2.21. The number of rotatable bonds is 1. The first-order chi connectivity index (χ1) is 8.24. The van der Waals surface area contributed by atoms with Gasteiger partial charge in [-0.25, -0.2) is 13.9 Å². The normalized spacial score (nSPS) is 10.9. The first-order valence-corrected chi connectivity index (χ1v) is 5.31. The van der Waals surface area contributed by atoms with Gasteiger partial charge in [0.05, 0.1) is 5.69 Å². The molecule has 2 aromatic heterocycles. The molecule has 3 nitrogen and oxygen atoms in total. The van der Waals surface area contributed by atoms with Crippen molar-refractivity contribution in [2.75, 3.05) is 0 Å². The van der Waals surface area contributed by atoms with E-state index >= 15 is 0 Å². The van der Waals surface area contributed by atoms with Gasteiger partial charge in [0.25, 0.3) is 0 Å². The molecule has 0 spiro atoms. The molecule has 0 radical (unpaired) electrons. The second-order valence-corrected chi connectivity index (χ2v) is 3.91. The zero-order valence-electron chi connectivity index (χ0n) is 9.26. The minimum atomic E-state index is -0.252. The Bertz CT molecular complexity index is 688. The smallest absolute Gasteiger partial charge is 0.155 e. The molecule has 2 heterocycles. The number of hydrogen-bond acceptors (Lipinski definition) is 2. The summed E-state index contributed by atoms with van der Waals surface area (Å²) in [7, 11) is 0. The van der Waals surface area contributed by atoms with E-state index in [2.05, 4.69) is 10.1 Å². The van der Waals surface area contributed by atoms with E-state index in [9.17, 15) is 4.39 Å². The number of nitrogens with zero attached hydrogens (tertiary/aromatic N) is 3. The molecule has 0 N–H and O–H groups in total. The predicted molar refractivity (Wildman–Crippen MR) is 63.1 cm³/mol. The summed E-state index contributed by atoms with van der Waals surface area (Å²) in [5.41, 5.74) is 2.92. The molecule has 0 saturated heterocycles. The Morgan fingerprint density at radius 3 is 2.88 bits per heavy atom. The molecule has 3 rings (SSSR count). The van der Waals surface area contributed by atoms with Gasteiger partial charge in [-0.05, 0) is 13.0 Å². The first kappa shape index (κ1) is 9.96. The van der Waals surface area contributed by atoms with E-state index in [0.29, 0.717) is 5.56 Å². The van der Waals surface area contributed by atoms with Crippen LogP contribution in [0.25, 0.3) is 16.8 Å². The highest BCUT2D eigenvalue weighted by Crippen LogP contribution is 2.21. The van der Waals surface area contributed by atoms with Crippen molar-refractivity contribution >= 4 is 5.65 Å². The maximum atomic E-state index is 13.6. The summed E-state index contributed by atoms with van der Waals surface area (Å²) in [6, 6.07) is 8.52. The number of halogens is 1. The van der Waals surface area contributed by atoms with Crippen LogP contribution < -0.4 is 0 Å². The summed E-state index contributed by atoms with van der Waals surface area (Å²) in [6.45, 7) is 1.90. The number of fused-ring (bicyclic) bond motifs is 1. The fraction of sp³-hybridized carbons (Fsp3) is 0.0769. The molecule has 0 amide bonds. The second-order valence-electron chi connectivity index (χ2n) is 3.91. The maximum Gasteiger partial charge on any atom is 0.155 e. The monoisotopic (exact) mass is 227 g/mol. The molecule has 0 aliphatic rings. The van der Waals surface area contributed by atoms with Gasteiger partial charge in [-0.2, -0.15) is 5.10 Å². The third-order valence-corrected chi connectivity index (χ3v) is 2.62. The molecule has 0 aliphatic carbocycles. The van der Waals surface area contributed by atoms with Crippen LogP contribution in [0.15, 0.2) is 42.7 Å². The molecule has 3 aromatic rings. The van der Waals surface area contributed by atoms with E-state index in [-0.39, 0.29) is 5.82 Å². The van der Waals surface area contributed by atoms with Gasteiger partial charge in [-0.3, -0.25) is 0 Å². The minimum absolute atomic E-state index is 0.252. The Kier molecular flexibility index (Phi) is 2.14. The van der Waals surface area contributed by atoms with Crippen LogP contribution >= 0.6 is 0 Å². The molecule has 84 valence electrons. The fourth-order valence-corrected chi connectivity index (χ4v) is 1.83. The van der Waals surface area contributed by atoms with Crippen molar-refractivity contribution in [2.45, 2.75) is 6.92 Å². The van der Waals surface area contributed by atoms with Gasteiger partial charge in [0.2, 0.25) is 0 Å². The van der Waals surface area contributed by atoms with E-state index in [1.165, 1.54) is 6.07 Å². The topological polar surface area (TPSA) is 30.2 Å². The minimum Gasteiger partial charge on any atom is -0.236 e. The Morgan fingerprint density at radius 2 is 2.06 bits per heavy atom. The van der Waals surface area contributed by atoms with Crippen molar-refractivity contribution in [1.82, 2.24) is 14.6 Å². The summed E-state index contributed by atoms with van der Waals surface area (Å²) in [5, 5.41) is 4.26. The van der Waals surface area contributed by atoms with Crippen molar-refractivity contribution in [3.63, 3.8) is 0 Å². The van der Waals surface area contributed by atoms with Crippen LogP contribution in [0.1, 0.15) is 5.69 Å². The molecule has 1 aromatic carbocycles. The lowest BCUT2D eigenvalue weighted by molar-refractivity contribution is 0.631. The Hall–Kier alpha value is -2.23. The quantitative estimate of drug-likeness (QED) is 0.640. The highest BCUT2D eigenvalue weighted by Gasteiger charge is 2.06. The van der Waals surface area contributed by atoms with E-state index in [1.54, 1.807) is 35.1 Å². The van der Waals surface area contributed by atoms with Crippen molar-refractivity contribution in [2.24, 2.45) is 0 Å². The number of hydrogen-bond donors (Lipinski definition) is 0. The number of aryl methyl sites for hydroxylation is 1. The summed E-state index contributed by atoms with van der Waals surface area (Å²) in [6.07, 6.45) is 3.45. The molecular weight excluding hydrogens is 217 g/mol. The van der Waals surface area contributed by atoms with E-state index in [1.807, 2.05) is 13.0 Å². The zero-order valence-corrected chi connectivity index (χ0v) is 9.26. The summed E-state index contributed by atoms with van der Waals surface area (Å²) in [4.78, 5) is 4.25. The molecule has 0 bridgehead atoms. The average Bonchev–Trinajstić information content (AvgIpc) is 2.68. The van der Waals surface area contributed by atoms with Gasteiger partial charge >= 0.3 is 0 Å². The van der Waals surface area contributed by atoms with Crippen LogP contribution in [-0.2, 0) is 0 Å². The highest BCUT2D eigenvalue weighted by atomic mass is 19.1. The molecule has 0 fully saturated rings. The second kappa shape index (κ2) is 3.66.